The van der Waals surface area contributed by atoms with Gasteiger partial charge in [0.2, 0.25) is 15.9 Å². The van der Waals surface area contributed by atoms with Crippen molar-refractivity contribution in [3.63, 3.8) is 0 Å². The molecule has 0 bridgehead atoms. The molecule has 0 aromatic heterocycles. The lowest BCUT2D eigenvalue weighted by Gasteiger charge is -2.28. The lowest BCUT2D eigenvalue weighted by Crippen LogP contribution is -2.48. The topological polar surface area (TPSA) is 70.2 Å². The predicted octanol–water partition coefficient (Wildman–Crippen LogP) is -0.553. The fourth-order valence-corrected chi connectivity index (χ4v) is 4.08. The first-order valence-electron chi connectivity index (χ1n) is 7.00. The maximum atomic E-state index is 12.8. The van der Waals surface area contributed by atoms with E-state index in [1.807, 2.05) is 19.0 Å². The van der Waals surface area contributed by atoms with Crippen molar-refractivity contribution in [1.82, 2.24) is 14.1 Å². The Bertz CT molecular complexity index is 458. The second-order valence-electron chi connectivity index (χ2n) is 6.05. The first-order chi connectivity index (χ1) is 9.66. The number of nitrogens with zero attached hydrogens (tertiary/aromatic N) is 3. The van der Waals surface area contributed by atoms with Gasteiger partial charge in [-0.05, 0) is 26.9 Å². The summed E-state index contributed by atoms with van der Waals surface area (Å²) in [6.45, 7) is 0.946. The van der Waals surface area contributed by atoms with Crippen LogP contribution >= 0.6 is 0 Å². The van der Waals surface area contributed by atoms with Crippen LogP contribution in [0, 0.1) is 0 Å². The summed E-state index contributed by atoms with van der Waals surface area (Å²) in [5, 5.41) is 0. The van der Waals surface area contributed by atoms with Crippen molar-refractivity contribution in [1.29, 1.82) is 0 Å². The van der Waals surface area contributed by atoms with Crippen LogP contribution in [-0.4, -0.2) is 94.7 Å². The zero-order valence-electron chi connectivity index (χ0n) is 13.6. The van der Waals surface area contributed by atoms with Crippen LogP contribution in [0.4, 0.5) is 0 Å². The van der Waals surface area contributed by atoms with Gasteiger partial charge in [0.15, 0.2) is 0 Å². The smallest absolute Gasteiger partial charge is 0.237 e. The lowest BCUT2D eigenvalue weighted by molar-refractivity contribution is -0.128. The van der Waals surface area contributed by atoms with Gasteiger partial charge < -0.3 is 14.5 Å². The minimum Gasteiger partial charge on any atom is -0.383 e. The summed E-state index contributed by atoms with van der Waals surface area (Å²) in [5.41, 5.74) is 0. The van der Waals surface area contributed by atoms with Crippen molar-refractivity contribution in [3.8, 4) is 0 Å². The fourth-order valence-electron chi connectivity index (χ4n) is 2.04. The summed E-state index contributed by atoms with van der Waals surface area (Å²) in [6, 6.07) is 0. The second-order valence-corrected chi connectivity index (χ2v) is 8.38. The van der Waals surface area contributed by atoms with Crippen LogP contribution in [0.5, 0.6) is 0 Å². The Morgan fingerprint density at radius 2 is 1.71 bits per heavy atom. The molecule has 1 aliphatic carbocycles. The normalized spacial score (nSPS) is 17.3. The summed E-state index contributed by atoms with van der Waals surface area (Å²) < 4.78 is 31.2. The summed E-state index contributed by atoms with van der Waals surface area (Å²) in [5.74, 6) is -0.217. The van der Waals surface area contributed by atoms with Crippen molar-refractivity contribution in [2.24, 2.45) is 0 Å². The maximum absolute atomic E-state index is 12.8. The first kappa shape index (κ1) is 18.3. The molecular weight excluding hydrogens is 294 g/mol. The van der Waals surface area contributed by atoms with E-state index in [1.165, 1.54) is 16.3 Å². The van der Waals surface area contributed by atoms with Gasteiger partial charge in [0.25, 0.3) is 0 Å². The molecule has 1 fully saturated rings. The molecule has 8 heteroatoms. The minimum absolute atomic E-state index is 0.116. The number of hydrogen-bond acceptors (Lipinski definition) is 5. The van der Waals surface area contributed by atoms with Crippen LogP contribution in [-0.2, 0) is 19.6 Å². The van der Waals surface area contributed by atoms with Crippen LogP contribution in [0.1, 0.15) is 12.8 Å². The Kier molecular flexibility index (Phi) is 6.15. The average Bonchev–Trinajstić information content (AvgIpc) is 3.15. The van der Waals surface area contributed by atoms with E-state index in [0.29, 0.717) is 25.9 Å². The highest BCUT2D eigenvalue weighted by Gasteiger charge is 2.57. The molecule has 0 aromatic rings. The van der Waals surface area contributed by atoms with Gasteiger partial charge in [-0.2, -0.15) is 4.31 Å². The van der Waals surface area contributed by atoms with E-state index in [0.717, 1.165) is 0 Å². The molecule has 0 atom stereocenters. The number of carbonyl (C=O) groups excluding carboxylic acids is 1. The van der Waals surface area contributed by atoms with Crippen molar-refractivity contribution >= 4 is 15.9 Å². The molecule has 1 rings (SSSR count). The van der Waals surface area contributed by atoms with Crippen molar-refractivity contribution in [2.45, 2.75) is 17.6 Å². The number of methoxy groups -OCH3 is 1. The quantitative estimate of drug-likeness (QED) is 0.570. The molecule has 124 valence electrons. The zero-order chi connectivity index (χ0) is 16.3. The molecule has 0 spiro atoms. The van der Waals surface area contributed by atoms with Crippen molar-refractivity contribution in [2.75, 3.05) is 61.5 Å². The van der Waals surface area contributed by atoms with Gasteiger partial charge in [-0.25, -0.2) is 8.42 Å². The maximum Gasteiger partial charge on any atom is 0.237 e. The van der Waals surface area contributed by atoms with Crippen LogP contribution in [0.25, 0.3) is 0 Å². The standard InChI is InChI=1S/C13H27N3O4S/c1-14(2)8-9-16(10-12(17)15(3)4)21(18,19)13(6-7-13)11-20-5/h6-11H2,1-5H3. The summed E-state index contributed by atoms with van der Waals surface area (Å²) >= 11 is 0. The molecule has 1 amide bonds. The van der Waals surface area contributed by atoms with Gasteiger partial charge in [-0.3, -0.25) is 4.79 Å². The third-order valence-electron chi connectivity index (χ3n) is 3.71. The Hall–Kier alpha value is -0.700. The van der Waals surface area contributed by atoms with E-state index in [4.69, 9.17) is 4.74 Å². The molecule has 0 saturated heterocycles. The minimum atomic E-state index is -3.54. The summed E-state index contributed by atoms with van der Waals surface area (Å²) in [4.78, 5) is 15.2. The molecule has 0 heterocycles. The lowest BCUT2D eigenvalue weighted by atomic mass is 10.4. The molecule has 0 aromatic carbocycles. The number of sulfonamides is 1. The number of amides is 1. The number of hydrogen-bond donors (Lipinski definition) is 0. The second kappa shape index (κ2) is 7.04. The number of likely N-dealkylation sites (N-methyl/N-ethyl adjacent to an activating group) is 2. The third-order valence-corrected chi connectivity index (χ3v) is 6.32. The highest BCUT2D eigenvalue weighted by Crippen LogP contribution is 2.45. The third kappa shape index (κ3) is 4.38. The van der Waals surface area contributed by atoms with E-state index in [9.17, 15) is 13.2 Å². The van der Waals surface area contributed by atoms with Gasteiger partial charge in [0, 0.05) is 34.3 Å². The molecule has 0 N–H and O–H groups in total. The van der Waals surface area contributed by atoms with Crippen LogP contribution < -0.4 is 0 Å². The molecule has 1 saturated carbocycles. The Labute approximate surface area is 127 Å². The van der Waals surface area contributed by atoms with Crippen molar-refractivity contribution < 1.29 is 17.9 Å². The van der Waals surface area contributed by atoms with E-state index < -0.39 is 14.8 Å². The molecule has 0 aliphatic heterocycles. The molecular formula is C13H27N3O4S. The van der Waals surface area contributed by atoms with E-state index in [1.54, 1.807) is 14.1 Å². The summed E-state index contributed by atoms with van der Waals surface area (Å²) in [6.07, 6.45) is 1.19. The molecule has 21 heavy (non-hydrogen) atoms. The SMILES string of the molecule is COCC1(S(=O)(=O)N(CCN(C)C)CC(=O)N(C)C)CC1. The van der Waals surface area contributed by atoms with Gasteiger partial charge in [-0.1, -0.05) is 0 Å². The summed E-state index contributed by atoms with van der Waals surface area (Å²) in [7, 11) is 4.97. The van der Waals surface area contributed by atoms with Crippen LogP contribution in [0.3, 0.4) is 0 Å². The average molecular weight is 321 g/mol. The molecule has 7 nitrogen and oxygen atoms in total. The molecule has 1 aliphatic rings. The van der Waals surface area contributed by atoms with E-state index in [2.05, 4.69) is 0 Å². The highest BCUT2D eigenvalue weighted by atomic mass is 32.2. The van der Waals surface area contributed by atoms with Gasteiger partial charge in [0.1, 0.15) is 4.75 Å². The van der Waals surface area contributed by atoms with Gasteiger partial charge in [0.05, 0.1) is 13.2 Å². The molecule has 0 radical (unpaired) electrons. The Balaban J connectivity index is 2.91. The van der Waals surface area contributed by atoms with E-state index in [-0.39, 0.29) is 19.1 Å². The zero-order valence-corrected chi connectivity index (χ0v) is 14.4. The van der Waals surface area contributed by atoms with Gasteiger partial charge in [-0.15, -0.1) is 0 Å². The Morgan fingerprint density at radius 1 is 1.14 bits per heavy atom. The largest absolute Gasteiger partial charge is 0.383 e. The number of ether oxygens (including phenoxy) is 1. The van der Waals surface area contributed by atoms with Crippen molar-refractivity contribution in [3.05, 3.63) is 0 Å². The Morgan fingerprint density at radius 3 is 2.10 bits per heavy atom. The van der Waals surface area contributed by atoms with Crippen LogP contribution in [0.2, 0.25) is 0 Å². The van der Waals surface area contributed by atoms with Gasteiger partial charge >= 0.3 is 0 Å². The van der Waals surface area contributed by atoms with Crippen LogP contribution in [0.15, 0.2) is 0 Å². The van der Waals surface area contributed by atoms with E-state index >= 15 is 0 Å². The number of carbonyl (C=O) groups is 1. The predicted molar refractivity (Wildman–Crippen MR) is 81.6 cm³/mol. The first-order valence-corrected chi connectivity index (χ1v) is 8.44. The monoisotopic (exact) mass is 321 g/mol. The highest BCUT2D eigenvalue weighted by molar-refractivity contribution is 7.90. The number of rotatable bonds is 9. The molecule has 0 unspecified atom stereocenters. The fraction of sp³-hybridized carbons (Fsp3) is 0.923.